The maximum Gasteiger partial charge on any atom is 0.283 e. The van der Waals surface area contributed by atoms with Gasteiger partial charge in [0.1, 0.15) is 0 Å². The van der Waals surface area contributed by atoms with Crippen LogP contribution in [0, 0.1) is 10.1 Å². The van der Waals surface area contributed by atoms with Gasteiger partial charge in [-0.2, -0.15) is 0 Å². The first kappa shape index (κ1) is 13.5. The predicted octanol–water partition coefficient (Wildman–Crippen LogP) is 3.73. The van der Waals surface area contributed by atoms with Crippen molar-refractivity contribution in [2.75, 3.05) is 6.54 Å². The lowest BCUT2D eigenvalue weighted by molar-refractivity contribution is -0.385. The molecule has 1 saturated heterocycles. The largest absolute Gasteiger partial charge is 0.296 e. The van der Waals surface area contributed by atoms with Crippen LogP contribution in [-0.4, -0.2) is 22.4 Å². The summed E-state index contributed by atoms with van der Waals surface area (Å²) in [6.07, 6.45) is 3.72. The first-order valence-electron chi connectivity index (χ1n) is 6.25. The summed E-state index contributed by atoms with van der Waals surface area (Å²) in [7, 11) is 0. The van der Waals surface area contributed by atoms with E-state index >= 15 is 0 Å². The molecule has 1 fully saturated rings. The average molecular weight is 313 g/mol. The van der Waals surface area contributed by atoms with Gasteiger partial charge in [-0.25, -0.2) is 0 Å². The Morgan fingerprint density at radius 3 is 2.94 bits per heavy atom. The molecule has 2 rings (SSSR count). The van der Waals surface area contributed by atoms with Crippen LogP contribution in [0.3, 0.4) is 0 Å². The van der Waals surface area contributed by atoms with Gasteiger partial charge < -0.3 is 0 Å². The monoisotopic (exact) mass is 312 g/mol. The molecule has 4 nitrogen and oxygen atoms in total. The Balaban J connectivity index is 2.18. The fourth-order valence-electron chi connectivity index (χ4n) is 2.44. The smallest absolute Gasteiger partial charge is 0.283 e. The van der Waals surface area contributed by atoms with E-state index in [0.717, 1.165) is 18.7 Å². The van der Waals surface area contributed by atoms with E-state index in [2.05, 4.69) is 27.8 Å². The van der Waals surface area contributed by atoms with Crippen LogP contribution < -0.4 is 0 Å². The van der Waals surface area contributed by atoms with Gasteiger partial charge in [0.15, 0.2) is 0 Å². The van der Waals surface area contributed by atoms with E-state index in [4.69, 9.17) is 0 Å². The molecular weight excluding hydrogens is 296 g/mol. The maximum absolute atomic E-state index is 10.9. The molecule has 1 aliphatic heterocycles. The van der Waals surface area contributed by atoms with Crippen molar-refractivity contribution >= 4 is 21.6 Å². The summed E-state index contributed by atoms with van der Waals surface area (Å²) in [5.41, 5.74) is 1.15. The predicted molar refractivity (Wildman–Crippen MR) is 74.5 cm³/mol. The highest BCUT2D eigenvalue weighted by molar-refractivity contribution is 9.10. The summed E-state index contributed by atoms with van der Waals surface area (Å²) in [4.78, 5) is 12.9. The van der Waals surface area contributed by atoms with Crippen molar-refractivity contribution in [3.05, 3.63) is 38.3 Å². The molecule has 0 bridgehead atoms. The molecule has 0 amide bonds. The highest BCUT2D eigenvalue weighted by atomic mass is 79.9. The zero-order chi connectivity index (χ0) is 13.1. The number of rotatable bonds is 3. The van der Waals surface area contributed by atoms with Crippen LogP contribution in [-0.2, 0) is 6.54 Å². The van der Waals surface area contributed by atoms with E-state index < -0.39 is 0 Å². The van der Waals surface area contributed by atoms with E-state index in [1.54, 1.807) is 6.07 Å². The van der Waals surface area contributed by atoms with Gasteiger partial charge >= 0.3 is 0 Å². The van der Waals surface area contributed by atoms with Gasteiger partial charge in [-0.05, 0) is 47.8 Å². The minimum atomic E-state index is -0.340. The van der Waals surface area contributed by atoms with Gasteiger partial charge in [-0.15, -0.1) is 0 Å². The number of halogens is 1. The number of hydrogen-bond acceptors (Lipinski definition) is 3. The second kappa shape index (κ2) is 5.80. The van der Waals surface area contributed by atoms with E-state index in [1.807, 2.05) is 6.07 Å². The fourth-order valence-corrected chi connectivity index (χ4v) is 2.98. The van der Waals surface area contributed by atoms with Gasteiger partial charge in [0.25, 0.3) is 5.69 Å². The normalized spacial score (nSPS) is 20.9. The van der Waals surface area contributed by atoms with Crippen LogP contribution >= 0.6 is 15.9 Å². The van der Waals surface area contributed by atoms with Crippen molar-refractivity contribution in [2.24, 2.45) is 0 Å². The molecule has 5 heteroatoms. The topological polar surface area (TPSA) is 46.4 Å². The van der Waals surface area contributed by atoms with Gasteiger partial charge in [0, 0.05) is 18.7 Å². The third-order valence-electron chi connectivity index (χ3n) is 3.57. The molecule has 1 aromatic rings. The Hall–Kier alpha value is -0.940. The Kier molecular flexibility index (Phi) is 4.35. The van der Waals surface area contributed by atoms with Crippen LogP contribution in [0.4, 0.5) is 5.69 Å². The van der Waals surface area contributed by atoms with Crippen LogP contribution in [0.25, 0.3) is 0 Å². The maximum atomic E-state index is 10.9. The van der Waals surface area contributed by atoms with Gasteiger partial charge in [-0.3, -0.25) is 15.0 Å². The molecule has 98 valence electrons. The molecule has 18 heavy (non-hydrogen) atoms. The molecule has 1 aliphatic rings. The molecule has 1 unspecified atom stereocenters. The van der Waals surface area contributed by atoms with Crippen molar-refractivity contribution in [1.82, 2.24) is 4.90 Å². The van der Waals surface area contributed by atoms with E-state index in [1.165, 1.54) is 25.3 Å². The van der Waals surface area contributed by atoms with Crippen molar-refractivity contribution < 1.29 is 4.92 Å². The standard InChI is InChI=1S/C13H17BrN2O2/c1-10-5-2-3-8-15(10)9-11-6-4-7-12(13(11)14)16(17)18/h4,6-7,10H,2-3,5,8-9H2,1H3. The second-order valence-electron chi connectivity index (χ2n) is 4.82. The molecule has 1 heterocycles. The Labute approximate surface area is 115 Å². The third kappa shape index (κ3) is 2.90. The molecule has 0 aliphatic carbocycles. The number of nitrogens with zero attached hydrogens (tertiary/aromatic N) is 2. The molecule has 0 radical (unpaired) electrons. The van der Waals surface area contributed by atoms with Gasteiger partial charge in [-0.1, -0.05) is 18.6 Å². The lowest BCUT2D eigenvalue weighted by Crippen LogP contribution is -2.36. The van der Waals surface area contributed by atoms with Crippen molar-refractivity contribution in [3.63, 3.8) is 0 Å². The van der Waals surface area contributed by atoms with E-state index in [-0.39, 0.29) is 10.6 Å². The zero-order valence-electron chi connectivity index (χ0n) is 10.4. The fraction of sp³-hybridized carbons (Fsp3) is 0.538. The minimum Gasteiger partial charge on any atom is -0.296 e. The second-order valence-corrected chi connectivity index (χ2v) is 5.62. The van der Waals surface area contributed by atoms with Gasteiger partial charge in [0.05, 0.1) is 9.40 Å². The molecule has 0 aromatic heterocycles. The summed E-state index contributed by atoms with van der Waals surface area (Å²) >= 11 is 3.36. The molecule has 0 N–H and O–H groups in total. The van der Waals surface area contributed by atoms with Crippen LogP contribution in [0.2, 0.25) is 0 Å². The number of likely N-dealkylation sites (tertiary alicyclic amines) is 1. The summed E-state index contributed by atoms with van der Waals surface area (Å²) in [5, 5.41) is 10.9. The summed E-state index contributed by atoms with van der Waals surface area (Å²) < 4.78 is 0.618. The highest BCUT2D eigenvalue weighted by Crippen LogP contribution is 2.30. The summed E-state index contributed by atoms with van der Waals surface area (Å²) in [5.74, 6) is 0. The number of hydrogen-bond donors (Lipinski definition) is 0. The highest BCUT2D eigenvalue weighted by Gasteiger charge is 2.21. The van der Waals surface area contributed by atoms with Gasteiger partial charge in [0.2, 0.25) is 0 Å². The Morgan fingerprint density at radius 1 is 1.50 bits per heavy atom. The third-order valence-corrected chi connectivity index (χ3v) is 4.48. The molecule has 0 spiro atoms. The first-order valence-corrected chi connectivity index (χ1v) is 7.04. The number of nitro groups is 1. The Bertz CT molecular complexity index is 451. The number of piperidine rings is 1. The van der Waals surface area contributed by atoms with Crippen molar-refractivity contribution in [2.45, 2.75) is 38.8 Å². The van der Waals surface area contributed by atoms with Crippen LogP contribution in [0.15, 0.2) is 22.7 Å². The van der Waals surface area contributed by atoms with Crippen molar-refractivity contribution in [3.8, 4) is 0 Å². The number of nitro benzene ring substituents is 1. The molecule has 0 saturated carbocycles. The average Bonchev–Trinajstić information content (AvgIpc) is 2.34. The summed E-state index contributed by atoms with van der Waals surface area (Å²) in [6.45, 7) is 4.09. The lowest BCUT2D eigenvalue weighted by Gasteiger charge is -2.33. The quantitative estimate of drug-likeness (QED) is 0.631. The summed E-state index contributed by atoms with van der Waals surface area (Å²) in [6, 6.07) is 5.81. The lowest BCUT2D eigenvalue weighted by atomic mass is 10.0. The van der Waals surface area contributed by atoms with Crippen LogP contribution in [0.5, 0.6) is 0 Å². The molecule has 1 atom stereocenters. The minimum absolute atomic E-state index is 0.150. The van der Waals surface area contributed by atoms with Crippen LogP contribution in [0.1, 0.15) is 31.7 Å². The molecular formula is C13H17BrN2O2. The van der Waals surface area contributed by atoms with E-state index in [0.29, 0.717) is 10.5 Å². The molecule has 1 aromatic carbocycles. The SMILES string of the molecule is CC1CCCCN1Cc1cccc([N+](=O)[O-])c1Br. The number of benzene rings is 1. The zero-order valence-corrected chi connectivity index (χ0v) is 12.0. The Morgan fingerprint density at radius 2 is 2.28 bits per heavy atom. The van der Waals surface area contributed by atoms with E-state index in [9.17, 15) is 10.1 Å². The van der Waals surface area contributed by atoms with Crippen molar-refractivity contribution in [1.29, 1.82) is 0 Å². The first-order chi connectivity index (χ1) is 8.59.